The zero-order chi connectivity index (χ0) is 20.8. The maximum Gasteiger partial charge on any atom is 0.167 e. The van der Waals surface area contributed by atoms with Gasteiger partial charge in [0.15, 0.2) is 21.8 Å². The second-order valence-corrected chi connectivity index (χ2v) is 6.84. The number of aliphatic hydroxyl groups excluding tert-OH is 1. The molecule has 8 nitrogen and oxygen atoms in total. The summed E-state index contributed by atoms with van der Waals surface area (Å²) in [5, 5.41) is 19.4. The van der Waals surface area contributed by atoms with E-state index in [4.69, 9.17) is 50.4 Å². The highest BCUT2D eigenvalue weighted by molar-refractivity contribution is 9.11. The second kappa shape index (κ2) is 14.9. The number of hydrogen-bond acceptors (Lipinski definition) is 7. The number of aliphatic hydroxyl groups is 1. The van der Waals surface area contributed by atoms with Crippen molar-refractivity contribution in [1.29, 1.82) is 0 Å². The summed E-state index contributed by atoms with van der Waals surface area (Å²) in [4.78, 5) is 13.1. The highest BCUT2D eigenvalue weighted by atomic mass is 79.9. The average molecular weight is 565 g/mol. The van der Waals surface area contributed by atoms with E-state index in [1.54, 1.807) is 36.0 Å². The number of imidazole rings is 1. The van der Waals surface area contributed by atoms with E-state index in [1.807, 2.05) is 0 Å². The summed E-state index contributed by atoms with van der Waals surface area (Å²) in [6.45, 7) is 1.93. The van der Waals surface area contributed by atoms with Crippen LogP contribution in [-0.4, -0.2) is 48.7 Å². The van der Waals surface area contributed by atoms with Crippen molar-refractivity contribution < 1.29 is 9.90 Å². The van der Waals surface area contributed by atoms with Gasteiger partial charge in [0.05, 0.1) is 14.8 Å². The summed E-state index contributed by atoms with van der Waals surface area (Å²) in [5.41, 5.74) is 6.08. The van der Waals surface area contributed by atoms with Gasteiger partial charge in [0.2, 0.25) is 0 Å². The van der Waals surface area contributed by atoms with Crippen LogP contribution in [0.4, 0.5) is 5.82 Å². The highest BCUT2D eigenvalue weighted by Gasteiger charge is 2.01. The van der Waals surface area contributed by atoms with Gasteiger partial charge in [-0.15, -0.1) is 21.8 Å². The Labute approximate surface area is 187 Å². The molecule has 0 aliphatic heterocycles. The summed E-state index contributed by atoms with van der Waals surface area (Å²) in [6.07, 6.45) is 4.05. The van der Waals surface area contributed by atoms with Crippen LogP contribution in [0.25, 0.3) is 5.65 Å². The predicted molar refractivity (Wildman–Crippen MR) is 114 cm³/mol. The van der Waals surface area contributed by atoms with Crippen LogP contribution in [0.1, 0.15) is 6.92 Å². The van der Waals surface area contributed by atoms with Gasteiger partial charge in [-0.2, -0.15) is 5.10 Å². The van der Waals surface area contributed by atoms with E-state index < -0.39 is 0 Å². The molecule has 3 rings (SSSR count). The van der Waals surface area contributed by atoms with Crippen LogP contribution in [0.5, 0.6) is 0 Å². The number of rotatable bonds is 1. The van der Waals surface area contributed by atoms with Gasteiger partial charge >= 0.3 is 0 Å². The minimum atomic E-state index is 0.111. The lowest BCUT2D eigenvalue weighted by Crippen LogP contribution is -1.93. The van der Waals surface area contributed by atoms with Gasteiger partial charge in [0, 0.05) is 19.0 Å². The molecule has 3 aromatic heterocycles. The molecule has 0 radical (unpaired) electrons. The van der Waals surface area contributed by atoms with Crippen LogP contribution in [0.3, 0.4) is 0 Å². The number of aldehydes is 1. The summed E-state index contributed by atoms with van der Waals surface area (Å²) in [6, 6.07) is 3.30. The molecule has 0 atom stereocenters. The fourth-order valence-corrected chi connectivity index (χ4v) is 2.60. The third kappa shape index (κ3) is 10.8. The molecule has 3 N–H and O–H groups in total. The maximum absolute atomic E-state index is 9.04. The van der Waals surface area contributed by atoms with Gasteiger partial charge in [-0.1, -0.05) is 23.2 Å². The van der Waals surface area contributed by atoms with Crippen LogP contribution in [0.2, 0.25) is 10.3 Å². The lowest BCUT2D eigenvalue weighted by molar-refractivity contribution is -0.105. The first-order chi connectivity index (χ1) is 12.8. The third-order valence-electron chi connectivity index (χ3n) is 2.09. The Morgan fingerprint density at radius 1 is 1.22 bits per heavy atom. The molecular formula is C14H15Br2Cl3N6O2. The van der Waals surface area contributed by atoms with Crippen molar-refractivity contribution in [2.24, 2.45) is 0 Å². The minimum absolute atomic E-state index is 0.111. The molecule has 0 fully saturated rings. The number of carbonyl (C=O) groups excluding carboxylic acids is 1. The Morgan fingerprint density at radius 2 is 1.78 bits per heavy atom. The van der Waals surface area contributed by atoms with Crippen LogP contribution >= 0.6 is 66.7 Å². The van der Waals surface area contributed by atoms with E-state index in [0.717, 1.165) is 10.1 Å². The molecule has 0 amide bonds. The smallest absolute Gasteiger partial charge is 0.167 e. The van der Waals surface area contributed by atoms with Crippen LogP contribution in [0.15, 0.2) is 33.5 Å². The number of hydrogen-bond donors (Lipinski definition) is 2. The van der Waals surface area contributed by atoms with E-state index in [9.17, 15) is 0 Å². The standard InChI is InChI=1S/C6H3BrClN3.C4H3BrClN3.C2H3ClO.C2H6O/c7-4-3-5(8)10-11-2-1-9-6(4)11;5-2-1-3(6)8-9-4(2)7;3-1-2-4;1-2-3/h1-3H;1H,(H2,7,9);2H,1H2;3H,2H2,1H3. The van der Waals surface area contributed by atoms with Gasteiger partial charge in [0.1, 0.15) is 6.29 Å². The largest absolute Gasteiger partial charge is 0.397 e. The Kier molecular flexibility index (Phi) is 14.4. The number of carbonyl (C=O) groups is 1. The molecule has 0 saturated heterocycles. The molecule has 27 heavy (non-hydrogen) atoms. The van der Waals surface area contributed by atoms with Crippen molar-refractivity contribution in [3.8, 4) is 0 Å². The molecule has 0 aliphatic rings. The molecule has 0 bridgehead atoms. The number of nitrogen functional groups attached to an aromatic ring is 1. The number of aromatic nitrogens is 5. The number of alkyl halides is 1. The summed E-state index contributed by atoms with van der Waals surface area (Å²) in [5.74, 6) is 0.458. The van der Waals surface area contributed by atoms with E-state index in [-0.39, 0.29) is 12.5 Å². The van der Waals surface area contributed by atoms with Crippen molar-refractivity contribution in [3.63, 3.8) is 0 Å². The quantitative estimate of drug-likeness (QED) is 0.338. The number of nitrogens with zero attached hydrogens (tertiary/aromatic N) is 5. The fraction of sp³-hybridized carbons (Fsp3) is 0.214. The summed E-state index contributed by atoms with van der Waals surface area (Å²) >= 11 is 22.4. The molecule has 13 heteroatoms. The van der Waals surface area contributed by atoms with E-state index >= 15 is 0 Å². The highest BCUT2D eigenvalue weighted by Crippen LogP contribution is 2.18. The zero-order valence-corrected chi connectivity index (χ0v) is 19.3. The van der Waals surface area contributed by atoms with Gasteiger partial charge in [0.25, 0.3) is 0 Å². The Balaban J connectivity index is 0.000000381. The number of anilines is 1. The number of fused-ring (bicyclic) bond motifs is 1. The van der Waals surface area contributed by atoms with E-state index in [0.29, 0.717) is 26.9 Å². The lowest BCUT2D eigenvalue weighted by atomic mass is 10.5. The Bertz CT molecular complexity index is 838. The fourth-order valence-electron chi connectivity index (χ4n) is 1.21. The molecule has 0 unspecified atom stereocenters. The first-order valence-corrected chi connectivity index (χ1v) is 9.88. The monoisotopic (exact) mass is 562 g/mol. The molecule has 0 aliphatic carbocycles. The van der Waals surface area contributed by atoms with E-state index in [2.05, 4.69) is 52.1 Å². The Morgan fingerprint density at radius 3 is 2.26 bits per heavy atom. The van der Waals surface area contributed by atoms with Crippen LogP contribution in [-0.2, 0) is 4.79 Å². The Hall–Kier alpha value is -1.04. The minimum Gasteiger partial charge on any atom is -0.397 e. The number of nitrogens with two attached hydrogens (primary N) is 1. The molecule has 148 valence electrons. The predicted octanol–water partition coefficient (Wildman–Crippen LogP) is 4.04. The van der Waals surface area contributed by atoms with E-state index in [1.165, 1.54) is 0 Å². The lowest BCUT2D eigenvalue weighted by Gasteiger charge is -1.94. The van der Waals surface area contributed by atoms with Crippen LogP contribution < -0.4 is 5.73 Å². The first kappa shape index (κ1) is 26.0. The van der Waals surface area contributed by atoms with Gasteiger partial charge < -0.3 is 15.6 Å². The van der Waals surface area contributed by atoms with Crippen molar-refractivity contribution in [2.45, 2.75) is 6.92 Å². The molecule has 0 aromatic carbocycles. The molecular weight excluding hydrogens is 550 g/mol. The molecule has 3 heterocycles. The maximum atomic E-state index is 9.04. The van der Waals surface area contributed by atoms with Crippen molar-refractivity contribution >= 4 is 84.4 Å². The SMILES string of the molecule is CCO.Clc1cc(Br)c2nccn2n1.Nc1nnc(Cl)cc1Br.O=CCCl. The topological polar surface area (TPSA) is 119 Å². The van der Waals surface area contributed by atoms with Gasteiger partial charge in [-0.25, -0.2) is 9.50 Å². The summed E-state index contributed by atoms with van der Waals surface area (Å²) < 4.78 is 3.14. The van der Waals surface area contributed by atoms with Crippen molar-refractivity contribution in [1.82, 2.24) is 24.8 Å². The zero-order valence-electron chi connectivity index (χ0n) is 13.9. The van der Waals surface area contributed by atoms with Gasteiger partial charge in [-0.3, -0.25) is 0 Å². The van der Waals surface area contributed by atoms with Crippen molar-refractivity contribution in [3.05, 3.63) is 43.8 Å². The summed E-state index contributed by atoms with van der Waals surface area (Å²) in [7, 11) is 0. The first-order valence-electron chi connectivity index (χ1n) is 7.00. The van der Waals surface area contributed by atoms with Crippen molar-refractivity contribution in [2.75, 3.05) is 18.2 Å². The third-order valence-corrected chi connectivity index (χ3v) is 3.81. The normalized spacial score (nSPS) is 9.15. The van der Waals surface area contributed by atoms with Gasteiger partial charge in [-0.05, 0) is 50.9 Å². The molecule has 0 spiro atoms. The second-order valence-electron chi connectivity index (χ2n) is 4.05. The number of halogens is 5. The average Bonchev–Trinajstić information content (AvgIpc) is 3.09. The molecule has 3 aromatic rings. The molecule has 0 saturated carbocycles. The van der Waals surface area contributed by atoms with Crippen LogP contribution in [0, 0.1) is 0 Å².